The average Bonchev–Trinajstić information content (AvgIpc) is 1.63. The Balaban J connectivity index is 0.000000256. The van der Waals surface area contributed by atoms with E-state index in [1.165, 1.54) is 52.3 Å². The molecular formula is C73H108N8O24P4. The van der Waals surface area contributed by atoms with Crippen molar-refractivity contribution in [1.29, 1.82) is 0 Å². The predicted octanol–water partition coefficient (Wildman–Crippen LogP) is 8.09. The molecule has 109 heavy (non-hydrogen) atoms. The SMILES string of the molecule is COCCO[C@@H]1[C@H](OC(=O)c2ccccc2)[C@@H](/C=C/P(C)(C)=O)O[C@H]1n1cc(C)c(=O)[nH]c1=O.COCCO[C@@H]1[C@H](OC(=O)c2ccccc2)[C@@H](C(C)CP(C)(C)=O)O[C@H]1n1cc(C)c(=O)[nH]c1=O.[C-]#[N+]CCOP(O[C@H]1[C@@H](OCCOC)[C@H](n2cc(C)c(=O)[nH]c2=O)O[C@@H]1C(C)CP(C)(C)=O)N(C(C)C)C(C)C. The fourth-order valence-corrected chi connectivity index (χ4v) is 18.1. The molecule has 3 aliphatic heterocycles. The molecule has 6 heterocycles. The van der Waals surface area contributed by atoms with Gasteiger partial charge in [0, 0.05) is 81.0 Å². The van der Waals surface area contributed by atoms with Crippen LogP contribution in [-0.2, 0) is 74.8 Å². The number of hydrogen-bond donors (Lipinski definition) is 3. The Morgan fingerprint density at radius 2 is 0.890 bits per heavy atom. The first-order valence-electron chi connectivity index (χ1n) is 35.6. The van der Waals surface area contributed by atoms with Crippen molar-refractivity contribution in [2.45, 2.75) is 148 Å². The average molecular weight is 1610 g/mol. The van der Waals surface area contributed by atoms with Gasteiger partial charge in [0.25, 0.3) is 25.2 Å². The van der Waals surface area contributed by atoms with Gasteiger partial charge in [-0.15, -0.1) is 0 Å². The van der Waals surface area contributed by atoms with Crippen LogP contribution in [0.3, 0.4) is 0 Å². The molecule has 2 aromatic carbocycles. The molecule has 0 bridgehead atoms. The van der Waals surface area contributed by atoms with Crippen LogP contribution in [0.25, 0.3) is 4.85 Å². The van der Waals surface area contributed by atoms with Crippen molar-refractivity contribution < 1.29 is 84.4 Å². The van der Waals surface area contributed by atoms with Crippen LogP contribution in [0.1, 0.15) is 97.6 Å². The van der Waals surface area contributed by atoms with Gasteiger partial charge in [0.15, 0.2) is 30.9 Å². The van der Waals surface area contributed by atoms with Crippen LogP contribution in [0, 0.1) is 39.2 Å². The minimum Gasteiger partial charge on any atom is -0.453 e. The molecule has 15 atom stereocenters. The third kappa shape index (κ3) is 26.7. The van der Waals surface area contributed by atoms with E-state index < -0.39 is 149 Å². The number of H-pyrrole nitrogens is 3. The Bertz CT molecular complexity index is 4360. The van der Waals surface area contributed by atoms with Crippen molar-refractivity contribution >= 4 is 41.9 Å². The number of methoxy groups -OCH3 is 3. The minimum atomic E-state index is -2.58. The molecule has 32 nitrogen and oxygen atoms in total. The van der Waals surface area contributed by atoms with E-state index in [0.29, 0.717) is 46.7 Å². The maximum absolute atomic E-state index is 13.0. The summed E-state index contributed by atoms with van der Waals surface area (Å²) in [6.07, 6.45) is -3.85. The second-order valence-electron chi connectivity index (χ2n) is 28.7. The molecule has 3 aliphatic rings. The number of ether oxygens (including phenoxy) is 11. The summed E-state index contributed by atoms with van der Waals surface area (Å²) in [5.74, 6) is -0.178. The van der Waals surface area contributed by atoms with E-state index in [1.54, 1.807) is 135 Å². The van der Waals surface area contributed by atoms with Gasteiger partial charge in [-0.2, -0.15) is 0 Å². The maximum Gasteiger partial charge on any atom is 0.338 e. The summed E-state index contributed by atoms with van der Waals surface area (Å²) in [5, 5.41) is 0. The molecular weight excluding hydrogens is 1500 g/mol. The highest BCUT2D eigenvalue weighted by Crippen LogP contribution is 2.53. The summed E-state index contributed by atoms with van der Waals surface area (Å²) < 4.78 is 121. The summed E-state index contributed by atoms with van der Waals surface area (Å²) in [6.45, 7) is 35.6. The Kier molecular flexibility index (Phi) is 35.3. The van der Waals surface area contributed by atoms with Gasteiger partial charge in [-0.05, 0) is 136 Å². The van der Waals surface area contributed by atoms with E-state index in [2.05, 4.69) is 24.5 Å². The molecule has 3 aromatic heterocycles. The second-order valence-corrected chi connectivity index (χ2v) is 40.3. The molecule has 0 saturated carbocycles. The van der Waals surface area contributed by atoms with Crippen LogP contribution in [-0.4, -0.2) is 239 Å². The highest BCUT2D eigenvalue weighted by Gasteiger charge is 2.54. The molecule has 3 unspecified atom stereocenters. The zero-order valence-electron chi connectivity index (χ0n) is 65.3. The lowest BCUT2D eigenvalue weighted by Crippen LogP contribution is -2.43. The molecule has 0 amide bonds. The van der Waals surface area contributed by atoms with Crippen LogP contribution >= 0.6 is 30.0 Å². The van der Waals surface area contributed by atoms with Crippen molar-refractivity contribution in [3.63, 3.8) is 0 Å². The monoisotopic (exact) mass is 1600 g/mol. The normalized spacial score (nSPS) is 23.1. The number of nitrogens with zero attached hydrogens (tertiary/aromatic N) is 5. The number of aromatic amines is 3. The van der Waals surface area contributed by atoms with Gasteiger partial charge >= 0.3 is 29.0 Å². The highest BCUT2D eigenvalue weighted by molar-refractivity contribution is 7.65. The van der Waals surface area contributed by atoms with Gasteiger partial charge in [0.1, 0.15) is 50.4 Å². The number of carbonyl (C=O) groups excluding carboxylic acids is 2. The summed E-state index contributed by atoms with van der Waals surface area (Å²) >= 11 is 0. The molecule has 3 N–H and O–H groups in total. The fourth-order valence-electron chi connectivity index (χ4n) is 12.6. The first kappa shape index (κ1) is 91.2. The number of esters is 2. The van der Waals surface area contributed by atoms with Crippen molar-refractivity contribution in [2.24, 2.45) is 11.8 Å². The molecule has 36 heteroatoms. The Morgan fingerprint density at radius 3 is 1.25 bits per heavy atom. The summed E-state index contributed by atoms with van der Waals surface area (Å²) in [7, 11) is -4.55. The van der Waals surface area contributed by atoms with E-state index in [4.69, 9.17) is 67.7 Å². The highest BCUT2D eigenvalue weighted by atomic mass is 31.2. The molecule has 604 valence electrons. The number of aromatic nitrogens is 6. The summed E-state index contributed by atoms with van der Waals surface area (Å²) in [4.78, 5) is 110. The van der Waals surface area contributed by atoms with Crippen LogP contribution in [0.5, 0.6) is 0 Å². The standard InChI is InChI=1S/C26H46N4O8P2.C24H33N2O8P.C23H29N2O8P/c1-17(2)30(18(3)4)39(36-12-11-27-7)38-22-21(20(6)16-40(9,10)33)37-25(23(22)35-14-13-34-8)29-15-19(5)24(31)28-26(29)32;1-15-13-26(24(29)25-21(15)27)22-20(32-12-11-31-3)19(18(33-22)16(2)14-35(4,5)30)34-23(28)17-9-7-6-8-10-17;1-15-14-25(23(28)24-20(15)26)21-19(31-12-11-30-2)18(17(32-21)10-13-34(3,4)29)33-22(27)16-8-6-5-7-9-16/h15,17-18,20-23,25H,11-14,16H2,1-6,8-10H3,(H,28,31,32);6-10,13,16,18-20,22H,11-12,14H2,1-5H3,(H,25,27,29);5-10,13-14,17-19,21H,11-12H2,1-4H3,(H,24,26,28)/b;;13-10+/t20?,21-,22-,23-,25-,39?;16?,18-,19-,20-,22-;17-,18-,19-,21-/m111/s1. The molecule has 0 radical (unpaired) electrons. The Labute approximate surface area is 636 Å². The van der Waals surface area contributed by atoms with E-state index in [-0.39, 0.29) is 70.1 Å². The predicted molar refractivity (Wildman–Crippen MR) is 413 cm³/mol. The van der Waals surface area contributed by atoms with Gasteiger partial charge in [-0.25, -0.2) is 35.2 Å². The zero-order valence-corrected chi connectivity index (χ0v) is 68.9. The van der Waals surface area contributed by atoms with Crippen LogP contribution in [0.2, 0.25) is 0 Å². The summed E-state index contributed by atoms with van der Waals surface area (Å²) in [6, 6.07) is 17.1. The van der Waals surface area contributed by atoms with Gasteiger partial charge in [-0.1, -0.05) is 50.2 Å². The van der Waals surface area contributed by atoms with Gasteiger partial charge in [0.05, 0.1) is 71.2 Å². The smallest absolute Gasteiger partial charge is 0.338 e. The zero-order chi connectivity index (χ0) is 80.8. The Hall–Kier alpha value is -6.71. The number of benzene rings is 2. The second kappa shape index (κ2) is 42.2. The quantitative estimate of drug-likeness (QED) is 0.0149. The van der Waals surface area contributed by atoms with Crippen molar-refractivity contribution in [3.8, 4) is 0 Å². The fraction of sp³-hybridized carbons (Fsp3) is 0.603. The van der Waals surface area contributed by atoms with Gasteiger partial charge in [-0.3, -0.25) is 43.0 Å². The third-order valence-electron chi connectivity index (χ3n) is 17.3. The third-order valence-corrected chi connectivity index (χ3v) is 23.2. The van der Waals surface area contributed by atoms with Gasteiger partial charge < -0.3 is 79.7 Å². The largest absolute Gasteiger partial charge is 0.453 e. The van der Waals surface area contributed by atoms with Crippen molar-refractivity contribution in [3.05, 3.63) is 193 Å². The van der Waals surface area contributed by atoms with Crippen molar-refractivity contribution in [1.82, 2.24) is 33.3 Å². The van der Waals surface area contributed by atoms with Crippen molar-refractivity contribution in [2.75, 3.05) is 126 Å². The lowest BCUT2D eigenvalue weighted by Gasteiger charge is -2.38. The lowest BCUT2D eigenvalue weighted by atomic mass is 9.99. The Morgan fingerprint density at radius 1 is 0.532 bits per heavy atom. The number of carbonyl (C=O) groups is 2. The summed E-state index contributed by atoms with van der Waals surface area (Å²) in [5.41, 5.74) is -1.88. The number of nitrogens with one attached hydrogen (secondary N) is 3. The number of aryl methyl sites for hydroxylation is 3. The topological polar surface area (TPSA) is 378 Å². The lowest BCUT2D eigenvalue weighted by molar-refractivity contribution is -0.0832. The van der Waals surface area contributed by atoms with E-state index in [9.17, 15) is 52.1 Å². The number of rotatable bonds is 35. The number of hydrogen-bond acceptors (Lipinski definition) is 25. The molecule has 3 fully saturated rings. The van der Waals surface area contributed by atoms with E-state index >= 15 is 0 Å². The van der Waals surface area contributed by atoms with Crippen LogP contribution < -0.4 is 33.7 Å². The van der Waals surface area contributed by atoms with Crippen LogP contribution in [0.15, 0.2) is 120 Å². The minimum absolute atomic E-state index is 0.0665. The van der Waals surface area contributed by atoms with E-state index in [0.717, 1.165) is 0 Å². The van der Waals surface area contributed by atoms with E-state index in [1.807, 2.05) is 41.5 Å². The molecule has 0 aliphatic carbocycles. The molecule has 3 saturated heterocycles. The maximum atomic E-state index is 13.0. The molecule has 5 aromatic rings. The first-order valence-corrected chi connectivity index (χ1v) is 45.0. The first-order chi connectivity index (χ1) is 51.3. The van der Waals surface area contributed by atoms with Gasteiger partial charge in [0.2, 0.25) is 6.54 Å². The van der Waals surface area contributed by atoms with Crippen LogP contribution in [0.4, 0.5) is 0 Å². The molecule has 0 spiro atoms. The molecule has 8 rings (SSSR count).